The third-order valence-electron chi connectivity index (χ3n) is 5.28. The largest absolute Gasteiger partial charge is 0.334 e. The number of piperidine rings is 1. The van der Waals surface area contributed by atoms with Gasteiger partial charge in [0, 0.05) is 37.8 Å². The van der Waals surface area contributed by atoms with Gasteiger partial charge < -0.3 is 10.6 Å². The average molecular weight is 402 g/mol. The number of rotatable bonds is 4. The first kappa shape index (κ1) is 21.2. The van der Waals surface area contributed by atoms with E-state index in [1.807, 2.05) is 0 Å². The molecule has 2 aliphatic rings. The summed E-state index contributed by atoms with van der Waals surface area (Å²) >= 11 is 0. The molecule has 26 heavy (non-hydrogen) atoms. The lowest BCUT2D eigenvalue weighted by Gasteiger charge is -2.27. The Bertz CT molecular complexity index is 748. The van der Waals surface area contributed by atoms with E-state index < -0.39 is 10.0 Å². The molecule has 1 atom stereocenters. The van der Waals surface area contributed by atoms with Crippen LogP contribution in [0.3, 0.4) is 0 Å². The Kier molecular flexibility index (Phi) is 7.07. The number of amides is 1. The van der Waals surface area contributed by atoms with Crippen molar-refractivity contribution in [1.82, 2.24) is 9.21 Å². The van der Waals surface area contributed by atoms with Crippen LogP contribution >= 0.6 is 12.4 Å². The van der Waals surface area contributed by atoms with Crippen LogP contribution in [-0.4, -0.2) is 55.8 Å². The van der Waals surface area contributed by atoms with Crippen molar-refractivity contribution in [3.8, 4) is 0 Å². The summed E-state index contributed by atoms with van der Waals surface area (Å²) in [5.41, 5.74) is 6.88. The standard InChI is InChI=1S/C18H27N3O3S.ClH/c1-14-7-8-15(18(22)21-11-5-6-16(21)13-19)12-17(14)25(23,24)20-9-3-2-4-10-20;/h7-8,12,16H,2-6,9-11,13,19H2,1H3;1H. The summed E-state index contributed by atoms with van der Waals surface area (Å²) in [6, 6.07) is 5.06. The summed E-state index contributed by atoms with van der Waals surface area (Å²) in [5.74, 6) is -0.122. The van der Waals surface area contributed by atoms with Gasteiger partial charge in [-0.05, 0) is 50.3 Å². The predicted molar refractivity (Wildman–Crippen MR) is 104 cm³/mol. The van der Waals surface area contributed by atoms with Gasteiger partial charge in [0.25, 0.3) is 5.91 Å². The third kappa shape index (κ3) is 4.06. The molecular weight excluding hydrogens is 374 g/mol. The number of nitrogens with zero attached hydrogens (tertiary/aromatic N) is 2. The summed E-state index contributed by atoms with van der Waals surface area (Å²) in [7, 11) is -3.55. The number of halogens is 1. The monoisotopic (exact) mass is 401 g/mol. The first-order chi connectivity index (χ1) is 11.9. The lowest BCUT2D eigenvalue weighted by molar-refractivity contribution is 0.0741. The number of sulfonamides is 1. The normalized spacial score (nSPS) is 21.5. The van der Waals surface area contributed by atoms with Crippen molar-refractivity contribution in [2.24, 2.45) is 5.73 Å². The van der Waals surface area contributed by atoms with Crippen LogP contribution in [0.25, 0.3) is 0 Å². The van der Waals surface area contributed by atoms with Crippen LogP contribution in [0.5, 0.6) is 0 Å². The number of carbonyl (C=O) groups is 1. The zero-order valence-corrected chi connectivity index (χ0v) is 16.8. The van der Waals surface area contributed by atoms with Gasteiger partial charge >= 0.3 is 0 Å². The number of likely N-dealkylation sites (tertiary alicyclic amines) is 1. The van der Waals surface area contributed by atoms with Crippen molar-refractivity contribution in [1.29, 1.82) is 0 Å². The van der Waals surface area contributed by atoms with Crippen LogP contribution in [0.4, 0.5) is 0 Å². The molecule has 0 radical (unpaired) electrons. The van der Waals surface area contributed by atoms with E-state index in [1.54, 1.807) is 34.3 Å². The summed E-state index contributed by atoms with van der Waals surface area (Å²) in [4.78, 5) is 14.9. The van der Waals surface area contributed by atoms with Crippen molar-refractivity contribution in [3.63, 3.8) is 0 Å². The zero-order chi connectivity index (χ0) is 18.0. The quantitative estimate of drug-likeness (QED) is 0.837. The van der Waals surface area contributed by atoms with E-state index in [-0.39, 0.29) is 29.3 Å². The first-order valence-electron chi connectivity index (χ1n) is 9.07. The Balaban J connectivity index is 0.00000243. The Morgan fingerprint density at radius 3 is 2.50 bits per heavy atom. The summed E-state index contributed by atoms with van der Waals surface area (Å²) in [6.07, 6.45) is 4.70. The minimum absolute atomic E-state index is 0. The fourth-order valence-corrected chi connectivity index (χ4v) is 5.54. The Labute approximate surface area is 162 Å². The van der Waals surface area contributed by atoms with Crippen molar-refractivity contribution >= 4 is 28.3 Å². The van der Waals surface area contributed by atoms with Crippen LogP contribution in [0.2, 0.25) is 0 Å². The van der Waals surface area contributed by atoms with E-state index in [9.17, 15) is 13.2 Å². The highest BCUT2D eigenvalue weighted by Crippen LogP contribution is 2.26. The van der Waals surface area contributed by atoms with Gasteiger partial charge in [0.1, 0.15) is 0 Å². The molecule has 8 heteroatoms. The maximum absolute atomic E-state index is 13.0. The second-order valence-electron chi connectivity index (χ2n) is 6.98. The smallest absolute Gasteiger partial charge is 0.254 e. The number of benzene rings is 1. The topological polar surface area (TPSA) is 83.7 Å². The highest BCUT2D eigenvalue weighted by atomic mass is 35.5. The SMILES string of the molecule is Cc1ccc(C(=O)N2CCCC2CN)cc1S(=O)(=O)N1CCCCC1.Cl. The molecule has 0 bridgehead atoms. The number of aryl methyl sites for hydroxylation is 1. The summed E-state index contributed by atoms with van der Waals surface area (Å²) in [6.45, 7) is 4.02. The van der Waals surface area contributed by atoms with Crippen LogP contribution in [-0.2, 0) is 10.0 Å². The lowest BCUT2D eigenvalue weighted by Crippen LogP contribution is -2.40. The third-order valence-corrected chi connectivity index (χ3v) is 7.32. The second-order valence-corrected chi connectivity index (χ2v) is 8.88. The molecular formula is C18H28ClN3O3S. The molecule has 2 saturated heterocycles. The number of carbonyl (C=O) groups excluding carboxylic acids is 1. The molecule has 1 aromatic rings. The molecule has 0 aromatic heterocycles. The molecule has 2 fully saturated rings. The van der Waals surface area contributed by atoms with E-state index in [4.69, 9.17) is 5.73 Å². The summed E-state index contributed by atoms with van der Waals surface area (Å²) < 4.78 is 27.6. The molecule has 0 spiro atoms. The molecule has 0 aliphatic carbocycles. The van der Waals surface area contributed by atoms with E-state index in [1.165, 1.54) is 0 Å². The van der Waals surface area contributed by atoms with Gasteiger partial charge in [0.15, 0.2) is 0 Å². The van der Waals surface area contributed by atoms with E-state index in [0.29, 0.717) is 37.3 Å². The second kappa shape index (κ2) is 8.69. The van der Waals surface area contributed by atoms with Crippen LogP contribution in [0, 0.1) is 6.92 Å². The number of nitrogens with two attached hydrogens (primary N) is 1. The van der Waals surface area contributed by atoms with Crippen molar-refractivity contribution in [3.05, 3.63) is 29.3 Å². The van der Waals surface area contributed by atoms with E-state index in [0.717, 1.165) is 32.1 Å². The van der Waals surface area contributed by atoms with Gasteiger partial charge in [-0.25, -0.2) is 8.42 Å². The average Bonchev–Trinajstić information content (AvgIpc) is 3.11. The number of hydrogen-bond donors (Lipinski definition) is 1. The van der Waals surface area contributed by atoms with Crippen LogP contribution in [0.1, 0.15) is 48.0 Å². The van der Waals surface area contributed by atoms with E-state index in [2.05, 4.69) is 0 Å². The lowest BCUT2D eigenvalue weighted by atomic mass is 10.1. The minimum Gasteiger partial charge on any atom is -0.334 e. The molecule has 2 aliphatic heterocycles. The maximum atomic E-state index is 13.0. The van der Waals surface area contributed by atoms with Gasteiger partial charge in [0.2, 0.25) is 10.0 Å². The van der Waals surface area contributed by atoms with Crippen LogP contribution < -0.4 is 5.73 Å². The predicted octanol–water partition coefficient (Wildman–Crippen LogP) is 2.15. The molecule has 1 amide bonds. The fraction of sp³-hybridized carbons (Fsp3) is 0.611. The van der Waals surface area contributed by atoms with Gasteiger partial charge in [-0.2, -0.15) is 4.31 Å². The molecule has 3 rings (SSSR count). The molecule has 1 unspecified atom stereocenters. The molecule has 0 saturated carbocycles. The Morgan fingerprint density at radius 1 is 1.15 bits per heavy atom. The maximum Gasteiger partial charge on any atom is 0.254 e. The Morgan fingerprint density at radius 2 is 1.85 bits per heavy atom. The zero-order valence-electron chi connectivity index (χ0n) is 15.2. The summed E-state index contributed by atoms with van der Waals surface area (Å²) in [5, 5.41) is 0. The van der Waals surface area contributed by atoms with Gasteiger partial charge in [-0.1, -0.05) is 12.5 Å². The highest BCUT2D eigenvalue weighted by Gasteiger charge is 2.31. The van der Waals surface area contributed by atoms with Gasteiger partial charge in [-0.3, -0.25) is 4.79 Å². The molecule has 1 aromatic carbocycles. The van der Waals surface area contributed by atoms with Crippen molar-refractivity contribution in [2.45, 2.75) is 50.0 Å². The molecule has 6 nitrogen and oxygen atoms in total. The minimum atomic E-state index is -3.55. The van der Waals surface area contributed by atoms with Crippen molar-refractivity contribution < 1.29 is 13.2 Å². The van der Waals surface area contributed by atoms with Crippen LogP contribution in [0.15, 0.2) is 23.1 Å². The first-order valence-corrected chi connectivity index (χ1v) is 10.5. The van der Waals surface area contributed by atoms with Gasteiger partial charge in [0.05, 0.1) is 4.90 Å². The van der Waals surface area contributed by atoms with Crippen molar-refractivity contribution in [2.75, 3.05) is 26.2 Å². The molecule has 146 valence electrons. The fourth-order valence-electron chi connectivity index (χ4n) is 3.77. The molecule has 2 N–H and O–H groups in total. The van der Waals surface area contributed by atoms with E-state index >= 15 is 0 Å². The Hall–Kier alpha value is -1.15. The van der Waals surface area contributed by atoms with Gasteiger partial charge in [-0.15, -0.1) is 12.4 Å². The highest BCUT2D eigenvalue weighted by molar-refractivity contribution is 7.89. The molecule has 2 heterocycles. The number of hydrogen-bond acceptors (Lipinski definition) is 4.